The number of benzene rings is 1. The summed E-state index contributed by atoms with van der Waals surface area (Å²) in [5.74, 6) is 0.0549. The molecule has 0 saturated heterocycles. The molecule has 1 aromatic heterocycles. The van der Waals surface area contributed by atoms with Crippen LogP contribution in [0.3, 0.4) is 0 Å². The predicted octanol–water partition coefficient (Wildman–Crippen LogP) is 2.63. The van der Waals surface area contributed by atoms with Gasteiger partial charge in [0.25, 0.3) is 0 Å². The average Bonchev–Trinajstić information content (AvgIpc) is 2.77. The van der Waals surface area contributed by atoms with Crippen LogP contribution in [0, 0.1) is 12.7 Å². The molecule has 0 aliphatic heterocycles. The van der Waals surface area contributed by atoms with Gasteiger partial charge < -0.3 is 9.72 Å². The molecule has 2 aromatic rings. The molecule has 0 fully saturated rings. The van der Waals surface area contributed by atoms with Crippen molar-refractivity contribution in [3.05, 3.63) is 41.6 Å². The van der Waals surface area contributed by atoms with E-state index in [0.29, 0.717) is 23.5 Å². The van der Waals surface area contributed by atoms with Gasteiger partial charge >= 0.3 is 5.97 Å². The highest BCUT2D eigenvalue weighted by Gasteiger charge is 2.13. The van der Waals surface area contributed by atoms with Crippen molar-refractivity contribution in [1.29, 1.82) is 0 Å². The van der Waals surface area contributed by atoms with E-state index in [9.17, 15) is 9.18 Å². The van der Waals surface area contributed by atoms with Crippen LogP contribution in [0.2, 0.25) is 0 Å². The molecule has 1 N–H and O–H groups in total. The van der Waals surface area contributed by atoms with E-state index in [1.807, 2.05) is 6.92 Å². The van der Waals surface area contributed by atoms with Crippen molar-refractivity contribution in [3.63, 3.8) is 0 Å². The molecule has 19 heavy (non-hydrogen) atoms. The van der Waals surface area contributed by atoms with Gasteiger partial charge in [0.2, 0.25) is 0 Å². The Kier molecular flexibility index (Phi) is 3.94. The highest BCUT2D eigenvalue weighted by atomic mass is 19.1. The zero-order valence-electron chi connectivity index (χ0n) is 10.9. The lowest BCUT2D eigenvalue weighted by Gasteiger charge is -1.99. The summed E-state index contributed by atoms with van der Waals surface area (Å²) in [6, 6.07) is 6.49. The third kappa shape index (κ3) is 2.99. The Hall–Kier alpha value is -2.17. The number of esters is 1. The highest BCUT2D eigenvalue weighted by molar-refractivity contribution is 5.69. The number of hydrogen-bond donors (Lipinski definition) is 1. The smallest absolute Gasteiger partial charge is 0.305 e. The largest absolute Gasteiger partial charge is 0.469 e. The van der Waals surface area contributed by atoms with Gasteiger partial charge in [-0.25, -0.2) is 9.37 Å². The van der Waals surface area contributed by atoms with Crippen molar-refractivity contribution in [2.75, 3.05) is 7.11 Å². The number of aryl methyl sites for hydroxylation is 2. The van der Waals surface area contributed by atoms with E-state index in [1.165, 1.54) is 13.2 Å². The zero-order chi connectivity index (χ0) is 13.8. The molecule has 5 heteroatoms. The Balaban J connectivity index is 2.22. The van der Waals surface area contributed by atoms with Gasteiger partial charge in [-0.2, -0.15) is 0 Å². The third-order valence-electron chi connectivity index (χ3n) is 2.86. The van der Waals surface area contributed by atoms with Gasteiger partial charge in [-0.3, -0.25) is 4.79 Å². The molecule has 0 saturated carbocycles. The fourth-order valence-electron chi connectivity index (χ4n) is 1.88. The Morgan fingerprint density at radius 1 is 1.42 bits per heavy atom. The lowest BCUT2D eigenvalue weighted by atomic mass is 10.1. The van der Waals surface area contributed by atoms with Crippen molar-refractivity contribution in [2.24, 2.45) is 0 Å². The number of aromatic amines is 1. The minimum atomic E-state index is -0.309. The first-order chi connectivity index (χ1) is 9.11. The molecule has 0 bridgehead atoms. The van der Waals surface area contributed by atoms with Crippen LogP contribution in [-0.2, 0) is 16.0 Å². The van der Waals surface area contributed by atoms with Crippen molar-refractivity contribution in [3.8, 4) is 11.3 Å². The number of hydrogen-bond acceptors (Lipinski definition) is 3. The summed E-state index contributed by atoms with van der Waals surface area (Å²) in [5, 5.41) is 0. The first kappa shape index (κ1) is 13.3. The Morgan fingerprint density at radius 3 is 2.84 bits per heavy atom. The summed E-state index contributed by atoms with van der Waals surface area (Å²) < 4.78 is 18.3. The van der Waals surface area contributed by atoms with E-state index in [-0.39, 0.29) is 18.2 Å². The summed E-state index contributed by atoms with van der Waals surface area (Å²) >= 11 is 0. The van der Waals surface area contributed by atoms with Gasteiger partial charge in [0.15, 0.2) is 0 Å². The van der Waals surface area contributed by atoms with Gasteiger partial charge in [0.05, 0.1) is 19.2 Å². The quantitative estimate of drug-likeness (QED) is 0.862. The molecule has 4 nitrogen and oxygen atoms in total. The molecule has 0 aliphatic rings. The maximum Gasteiger partial charge on any atom is 0.305 e. The molecule has 0 unspecified atom stereocenters. The van der Waals surface area contributed by atoms with Crippen LogP contribution in [0.25, 0.3) is 11.3 Å². The number of aromatic nitrogens is 2. The summed E-state index contributed by atoms with van der Waals surface area (Å²) in [6.07, 6.45) is 0.697. The second-order valence-electron chi connectivity index (χ2n) is 4.21. The fourth-order valence-corrected chi connectivity index (χ4v) is 1.88. The SMILES string of the molecule is COC(=O)CCc1nc(-c2ccccc2F)c(C)[nH]1. The number of nitrogens with one attached hydrogen (secondary N) is 1. The molecule has 1 aromatic carbocycles. The molecular weight excluding hydrogens is 247 g/mol. The molecular formula is C14H15FN2O2. The average molecular weight is 262 g/mol. The van der Waals surface area contributed by atoms with Crippen molar-refractivity contribution in [1.82, 2.24) is 9.97 Å². The number of ether oxygens (including phenoxy) is 1. The van der Waals surface area contributed by atoms with Gasteiger partial charge in [-0.15, -0.1) is 0 Å². The summed E-state index contributed by atoms with van der Waals surface area (Å²) in [4.78, 5) is 18.5. The number of rotatable bonds is 4. The van der Waals surface area contributed by atoms with E-state index >= 15 is 0 Å². The van der Waals surface area contributed by atoms with Crippen LogP contribution in [0.15, 0.2) is 24.3 Å². The van der Waals surface area contributed by atoms with Crippen LogP contribution in [0.1, 0.15) is 17.9 Å². The monoisotopic (exact) mass is 262 g/mol. The maximum absolute atomic E-state index is 13.7. The van der Waals surface area contributed by atoms with Crippen LogP contribution in [0.5, 0.6) is 0 Å². The van der Waals surface area contributed by atoms with Crippen LogP contribution < -0.4 is 0 Å². The molecule has 0 spiro atoms. The minimum absolute atomic E-state index is 0.250. The van der Waals surface area contributed by atoms with Crippen molar-refractivity contribution < 1.29 is 13.9 Å². The molecule has 0 amide bonds. The molecule has 1 heterocycles. The summed E-state index contributed by atoms with van der Waals surface area (Å²) in [7, 11) is 1.35. The number of H-pyrrole nitrogens is 1. The van der Waals surface area contributed by atoms with Crippen molar-refractivity contribution in [2.45, 2.75) is 19.8 Å². The standard InChI is InChI=1S/C14H15FN2O2/c1-9-14(10-5-3-4-6-11(10)15)17-12(16-9)7-8-13(18)19-2/h3-6H,7-8H2,1-2H3,(H,16,17). The fraction of sp³-hybridized carbons (Fsp3) is 0.286. The zero-order valence-corrected chi connectivity index (χ0v) is 10.9. The number of imidazole rings is 1. The predicted molar refractivity (Wildman–Crippen MR) is 69.1 cm³/mol. The molecule has 0 atom stereocenters. The molecule has 100 valence electrons. The van der Waals surface area contributed by atoms with Crippen LogP contribution in [-0.4, -0.2) is 23.0 Å². The molecule has 0 radical (unpaired) electrons. The molecule has 2 rings (SSSR count). The van der Waals surface area contributed by atoms with Gasteiger partial charge in [0.1, 0.15) is 11.6 Å². The topological polar surface area (TPSA) is 55.0 Å². The van der Waals surface area contributed by atoms with Gasteiger partial charge in [-0.05, 0) is 19.1 Å². The van der Waals surface area contributed by atoms with E-state index in [2.05, 4.69) is 14.7 Å². The summed E-state index contributed by atoms with van der Waals surface area (Å²) in [5.41, 5.74) is 1.82. The third-order valence-corrected chi connectivity index (χ3v) is 2.86. The van der Waals surface area contributed by atoms with Gasteiger partial charge in [-0.1, -0.05) is 12.1 Å². The minimum Gasteiger partial charge on any atom is -0.469 e. The Bertz CT molecular complexity index is 593. The first-order valence-corrected chi connectivity index (χ1v) is 5.99. The Labute approximate surface area is 110 Å². The normalized spacial score (nSPS) is 10.5. The number of halogens is 1. The van der Waals surface area contributed by atoms with Crippen LogP contribution in [0.4, 0.5) is 4.39 Å². The number of carbonyl (C=O) groups excluding carboxylic acids is 1. The van der Waals surface area contributed by atoms with E-state index in [1.54, 1.807) is 18.2 Å². The lowest BCUT2D eigenvalue weighted by molar-refractivity contribution is -0.140. The van der Waals surface area contributed by atoms with E-state index in [0.717, 1.165) is 5.69 Å². The number of carbonyl (C=O) groups is 1. The van der Waals surface area contributed by atoms with Crippen LogP contribution >= 0.6 is 0 Å². The molecule has 0 aliphatic carbocycles. The van der Waals surface area contributed by atoms with E-state index < -0.39 is 0 Å². The highest BCUT2D eigenvalue weighted by Crippen LogP contribution is 2.24. The Morgan fingerprint density at radius 2 is 2.16 bits per heavy atom. The lowest BCUT2D eigenvalue weighted by Crippen LogP contribution is -2.02. The first-order valence-electron chi connectivity index (χ1n) is 5.99. The second-order valence-corrected chi connectivity index (χ2v) is 4.21. The summed E-state index contributed by atoms with van der Waals surface area (Å²) in [6.45, 7) is 1.83. The van der Waals surface area contributed by atoms with Crippen molar-refractivity contribution >= 4 is 5.97 Å². The second kappa shape index (κ2) is 5.65. The number of nitrogens with zero attached hydrogens (tertiary/aromatic N) is 1. The number of methoxy groups -OCH3 is 1. The van der Waals surface area contributed by atoms with E-state index in [4.69, 9.17) is 0 Å². The maximum atomic E-state index is 13.7. The van der Waals surface area contributed by atoms with Gasteiger partial charge in [0, 0.05) is 17.7 Å².